The van der Waals surface area contributed by atoms with Crippen LogP contribution in [-0.4, -0.2) is 34.4 Å². The summed E-state index contributed by atoms with van der Waals surface area (Å²) in [6.07, 6.45) is 1.81. The third kappa shape index (κ3) is 2.19. The molecule has 0 saturated heterocycles. The minimum atomic E-state index is -0.113. The van der Waals surface area contributed by atoms with Gasteiger partial charge in [0, 0.05) is 12.5 Å². The Kier molecular flexibility index (Phi) is 3.43. The normalized spacial score (nSPS) is 15.1. The van der Waals surface area contributed by atoms with Crippen molar-refractivity contribution < 1.29 is 9.53 Å². The second-order valence-electron chi connectivity index (χ2n) is 3.65. The molecule has 4 nitrogen and oxygen atoms in total. The van der Waals surface area contributed by atoms with Crippen LogP contribution >= 0.6 is 11.8 Å². The second kappa shape index (κ2) is 4.82. The topological polar surface area (TPSA) is 52.1 Å². The molecular weight excluding hydrogens is 224 g/mol. The van der Waals surface area contributed by atoms with Crippen LogP contribution in [0, 0.1) is 0 Å². The number of nitrogens with zero attached hydrogens (tertiary/aromatic N) is 2. The van der Waals surface area contributed by atoms with Gasteiger partial charge in [0.2, 0.25) is 5.88 Å². The summed E-state index contributed by atoms with van der Waals surface area (Å²) in [7, 11) is 1.59. The fraction of sp³-hybridized carbons (Fsp3) is 0.545. The minimum absolute atomic E-state index is 0.113. The van der Waals surface area contributed by atoms with Crippen molar-refractivity contribution in [1.29, 1.82) is 0 Å². The number of hydrogen-bond acceptors (Lipinski definition) is 5. The van der Waals surface area contributed by atoms with Gasteiger partial charge in [-0.1, -0.05) is 0 Å². The number of hydrogen-bond donors (Lipinski definition) is 0. The van der Waals surface area contributed by atoms with E-state index in [2.05, 4.69) is 9.97 Å². The van der Waals surface area contributed by atoms with E-state index in [-0.39, 0.29) is 11.6 Å². The van der Waals surface area contributed by atoms with Crippen molar-refractivity contribution in [2.24, 2.45) is 0 Å². The van der Waals surface area contributed by atoms with Crippen molar-refractivity contribution in [3.8, 4) is 5.88 Å². The Bertz CT molecular complexity index is 421. The van der Waals surface area contributed by atoms with Crippen molar-refractivity contribution >= 4 is 17.5 Å². The average molecular weight is 238 g/mol. The van der Waals surface area contributed by atoms with E-state index >= 15 is 0 Å². The molecule has 86 valence electrons. The summed E-state index contributed by atoms with van der Waals surface area (Å²) < 4.78 is 5.25. The monoisotopic (exact) mass is 238 g/mol. The van der Waals surface area contributed by atoms with Gasteiger partial charge in [-0.2, -0.15) is 16.7 Å². The highest BCUT2D eigenvalue weighted by Gasteiger charge is 2.18. The lowest BCUT2D eigenvalue weighted by Crippen LogP contribution is -2.10. The van der Waals surface area contributed by atoms with E-state index in [1.54, 1.807) is 7.11 Å². The van der Waals surface area contributed by atoms with E-state index in [1.807, 2.05) is 11.8 Å². The molecular formula is C11H14N2O2S. The van der Waals surface area contributed by atoms with Crippen molar-refractivity contribution in [3.63, 3.8) is 0 Å². The zero-order valence-corrected chi connectivity index (χ0v) is 10.3. The zero-order valence-electron chi connectivity index (χ0n) is 9.45. The molecule has 2 heterocycles. The van der Waals surface area contributed by atoms with Crippen LogP contribution in [0.1, 0.15) is 28.8 Å². The van der Waals surface area contributed by atoms with Crippen LogP contribution in [0.2, 0.25) is 0 Å². The Labute approximate surface area is 98.8 Å². The highest BCUT2D eigenvalue weighted by atomic mass is 32.2. The van der Waals surface area contributed by atoms with Crippen molar-refractivity contribution in [2.45, 2.75) is 19.8 Å². The SMILES string of the molecule is COc1nc(C(C)=O)nc2c1CCSCC2. The summed E-state index contributed by atoms with van der Waals surface area (Å²) in [6, 6.07) is 0. The van der Waals surface area contributed by atoms with Gasteiger partial charge in [-0.05, 0) is 24.3 Å². The van der Waals surface area contributed by atoms with Crippen LogP contribution in [0.15, 0.2) is 0 Å². The number of aryl methyl sites for hydroxylation is 1. The minimum Gasteiger partial charge on any atom is -0.481 e. The molecule has 0 atom stereocenters. The lowest BCUT2D eigenvalue weighted by Gasteiger charge is -2.10. The smallest absolute Gasteiger partial charge is 0.220 e. The quantitative estimate of drug-likeness (QED) is 0.731. The number of ketones is 1. The van der Waals surface area contributed by atoms with Gasteiger partial charge in [0.1, 0.15) is 0 Å². The van der Waals surface area contributed by atoms with Gasteiger partial charge >= 0.3 is 0 Å². The second-order valence-corrected chi connectivity index (χ2v) is 4.88. The number of carbonyl (C=O) groups excluding carboxylic acids is 1. The predicted molar refractivity (Wildman–Crippen MR) is 63.3 cm³/mol. The standard InChI is InChI=1S/C11H14N2O2S/c1-7(14)10-12-9-4-6-16-5-3-8(9)11(13-10)15-2/h3-6H2,1-2H3. The maximum atomic E-state index is 11.3. The molecule has 1 aromatic heterocycles. The molecule has 16 heavy (non-hydrogen) atoms. The first-order valence-electron chi connectivity index (χ1n) is 5.25. The summed E-state index contributed by atoms with van der Waals surface area (Å²) in [5.41, 5.74) is 2.04. The number of carbonyl (C=O) groups is 1. The van der Waals surface area contributed by atoms with E-state index < -0.39 is 0 Å². The number of ether oxygens (including phenoxy) is 1. The van der Waals surface area contributed by atoms with Gasteiger partial charge in [0.25, 0.3) is 0 Å². The highest BCUT2D eigenvalue weighted by molar-refractivity contribution is 7.99. The van der Waals surface area contributed by atoms with Crippen molar-refractivity contribution in [3.05, 3.63) is 17.1 Å². The van der Waals surface area contributed by atoms with E-state index in [0.29, 0.717) is 5.88 Å². The molecule has 5 heteroatoms. The first-order chi connectivity index (χ1) is 7.72. The molecule has 0 N–H and O–H groups in total. The van der Waals surface area contributed by atoms with Gasteiger partial charge in [-0.15, -0.1) is 0 Å². The van der Waals surface area contributed by atoms with Crippen LogP contribution in [0.3, 0.4) is 0 Å². The van der Waals surface area contributed by atoms with Gasteiger partial charge in [-0.25, -0.2) is 4.98 Å². The molecule has 1 aliphatic rings. The van der Waals surface area contributed by atoms with E-state index in [0.717, 1.165) is 35.6 Å². The van der Waals surface area contributed by atoms with Gasteiger partial charge in [-0.3, -0.25) is 4.79 Å². The molecule has 0 bridgehead atoms. The van der Waals surface area contributed by atoms with Crippen molar-refractivity contribution in [1.82, 2.24) is 9.97 Å². The van der Waals surface area contributed by atoms with Gasteiger partial charge in [0.15, 0.2) is 11.6 Å². The molecule has 0 spiro atoms. The zero-order chi connectivity index (χ0) is 11.5. The van der Waals surface area contributed by atoms with Gasteiger partial charge in [0.05, 0.1) is 12.8 Å². The number of fused-ring (bicyclic) bond motifs is 1. The molecule has 0 aliphatic carbocycles. The number of Topliss-reactive ketones (excluding diaryl/α,β-unsaturated/α-hetero) is 1. The Morgan fingerprint density at radius 2 is 2.06 bits per heavy atom. The number of aromatic nitrogens is 2. The molecule has 0 aromatic carbocycles. The van der Waals surface area contributed by atoms with Gasteiger partial charge < -0.3 is 4.74 Å². The fourth-order valence-electron chi connectivity index (χ4n) is 1.74. The molecule has 1 aliphatic heterocycles. The van der Waals surface area contributed by atoms with Crippen LogP contribution < -0.4 is 4.74 Å². The maximum Gasteiger partial charge on any atom is 0.220 e. The Morgan fingerprint density at radius 1 is 1.31 bits per heavy atom. The third-order valence-corrected chi connectivity index (χ3v) is 3.53. The maximum absolute atomic E-state index is 11.3. The average Bonchev–Trinajstić information content (AvgIpc) is 2.52. The van der Waals surface area contributed by atoms with E-state index in [1.165, 1.54) is 6.92 Å². The molecule has 2 rings (SSSR count). The van der Waals surface area contributed by atoms with Crippen LogP contribution in [0.4, 0.5) is 0 Å². The lowest BCUT2D eigenvalue weighted by molar-refractivity contribution is 0.100. The fourth-order valence-corrected chi connectivity index (χ4v) is 2.63. The largest absolute Gasteiger partial charge is 0.481 e. The van der Waals surface area contributed by atoms with Crippen LogP contribution in [-0.2, 0) is 12.8 Å². The summed E-state index contributed by atoms with van der Waals surface area (Å²) in [5, 5.41) is 0. The summed E-state index contributed by atoms with van der Waals surface area (Å²) in [4.78, 5) is 19.8. The Hall–Kier alpha value is -1.10. The van der Waals surface area contributed by atoms with E-state index in [9.17, 15) is 4.79 Å². The molecule has 0 radical (unpaired) electrons. The molecule has 1 aromatic rings. The molecule has 0 amide bonds. The highest BCUT2D eigenvalue weighted by Crippen LogP contribution is 2.25. The number of methoxy groups -OCH3 is 1. The molecule has 0 fully saturated rings. The Morgan fingerprint density at radius 3 is 2.75 bits per heavy atom. The summed E-state index contributed by atoms with van der Waals surface area (Å²) in [6.45, 7) is 1.48. The lowest BCUT2D eigenvalue weighted by atomic mass is 10.1. The summed E-state index contributed by atoms with van der Waals surface area (Å²) in [5.74, 6) is 2.83. The Balaban J connectivity index is 2.50. The number of thioether (sulfide) groups is 1. The first-order valence-corrected chi connectivity index (χ1v) is 6.40. The van der Waals surface area contributed by atoms with E-state index in [4.69, 9.17) is 4.74 Å². The predicted octanol–water partition coefficient (Wildman–Crippen LogP) is 1.52. The van der Waals surface area contributed by atoms with Crippen LogP contribution in [0.25, 0.3) is 0 Å². The first kappa shape index (κ1) is 11.4. The third-order valence-electron chi connectivity index (χ3n) is 2.54. The number of rotatable bonds is 2. The molecule has 0 unspecified atom stereocenters. The van der Waals surface area contributed by atoms with Crippen LogP contribution in [0.5, 0.6) is 5.88 Å². The van der Waals surface area contributed by atoms with Crippen molar-refractivity contribution in [2.75, 3.05) is 18.6 Å². The summed E-state index contributed by atoms with van der Waals surface area (Å²) >= 11 is 1.90. The molecule has 0 saturated carbocycles.